The van der Waals surface area contributed by atoms with Gasteiger partial charge in [0.1, 0.15) is 30.1 Å². The molecule has 0 saturated heterocycles. The molecule has 1 aromatic heterocycles. The standard InChI is InChI=1S/C17H18BrN3O2/c1-11-19-12(2)21(20-11)9-16(22)10-23-17-6-4-13-7-15(18)5-3-14(13)8-17/h3-8,16,22H,9-10H2,1-2H3/t16-/m1/s1. The van der Waals surface area contributed by atoms with E-state index in [4.69, 9.17) is 4.74 Å². The number of aromatic nitrogens is 3. The topological polar surface area (TPSA) is 60.2 Å². The van der Waals surface area contributed by atoms with Crippen molar-refractivity contribution in [2.75, 3.05) is 6.61 Å². The quantitative estimate of drug-likeness (QED) is 0.743. The second-order valence-corrected chi connectivity index (χ2v) is 6.42. The van der Waals surface area contributed by atoms with Crippen molar-refractivity contribution in [2.45, 2.75) is 26.5 Å². The number of aliphatic hydroxyl groups is 1. The summed E-state index contributed by atoms with van der Waals surface area (Å²) in [5.41, 5.74) is 0. The Labute approximate surface area is 143 Å². The SMILES string of the molecule is Cc1nc(C)n(C[C@@H](O)COc2ccc3cc(Br)ccc3c2)n1. The van der Waals surface area contributed by atoms with Crippen LogP contribution in [0.2, 0.25) is 0 Å². The summed E-state index contributed by atoms with van der Waals surface area (Å²) in [6.07, 6.45) is -0.643. The molecule has 0 saturated carbocycles. The van der Waals surface area contributed by atoms with Crippen LogP contribution in [0.3, 0.4) is 0 Å². The second-order valence-electron chi connectivity index (χ2n) is 5.51. The fourth-order valence-electron chi connectivity index (χ4n) is 2.46. The molecule has 0 aliphatic rings. The predicted octanol–water partition coefficient (Wildman–Crippen LogP) is 3.25. The van der Waals surface area contributed by atoms with E-state index in [0.717, 1.165) is 26.8 Å². The summed E-state index contributed by atoms with van der Waals surface area (Å²) >= 11 is 3.46. The maximum absolute atomic E-state index is 10.1. The third-order valence-corrected chi connectivity index (χ3v) is 4.06. The molecule has 3 rings (SSSR count). The fraction of sp³-hybridized carbons (Fsp3) is 0.294. The summed E-state index contributed by atoms with van der Waals surface area (Å²) in [4.78, 5) is 4.22. The molecular weight excluding hydrogens is 358 g/mol. The zero-order valence-electron chi connectivity index (χ0n) is 13.0. The summed E-state index contributed by atoms with van der Waals surface area (Å²) < 4.78 is 8.45. The fourth-order valence-corrected chi connectivity index (χ4v) is 2.84. The van der Waals surface area contributed by atoms with Gasteiger partial charge in [-0.1, -0.05) is 28.1 Å². The summed E-state index contributed by atoms with van der Waals surface area (Å²) in [6.45, 7) is 4.28. The average molecular weight is 376 g/mol. The van der Waals surface area contributed by atoms with E-state index in [9.17, 15) is 5.11 Å². The molecule has 1 atom stereocenters. The molecule has 6 heteroatoms. The van der Waals surface area contributed by atoms with Crippen LogP contribution in [-0.4, -0.2) is 32.6 Å². The van der Waals surface area contributed by atoms with Crippen LogP contribution in [0, 0.1) is 13.8 Å². The van der Waals surface area contributed by atoms with Crippen LogP contribution in [-0.2, 0) is 6.54 Å². The molecule has 5 nitrogen and oxygen atoms in total. The normalized spacial score (nSPS) is 12.5. The number of halogens is 1. The number of aryl methyl sites for hydroxylation is 2. The number of hydrogen-bond acceptors (Lipinski definition) is 4. The monoisotopic (exact) mass is 375 g/mol. The lowest BCUT2D eigenvalue weighted by atomic mass is 10.1. The van der Waals surface area contributed by atoms with Gasteiger partial charge in [0, 0.05) is 4.47 Å². The Hall–Kier alpha value is -1.92. The molecule has 0 bridgehead atoms. The first-order chi connectivity index (χ1) is 11.0. The first-order valence-electron chi connectivity index (χ1n) is 7.39. The van der Waals surface area contributed by atoms with Crippen molar-refractivity contribution >= 4 is 26.7 Å². The van der Waals surface area contributed by atoms with Gasteiger partial charge in [-0.25, -0.2) is 9.67 Å². The van der Waals surface area contributed by atoms with Crippen molar-refractivity contribution in [1.82, 2.24) is 14.8 Å². The van der Waals surface area contributed by atoms with E-state index in [2.05, 4.69) is 32.1 Å². The molecule has 1 heterocycles. The smallest absolute Gasteiger partial charge is 0.147 e. The van der Waals surface area contributed by atoms with Crippen LogP contribution in [0.25, 0.3) is 10.8 Å². The highest BCUT2D eigenvalue weighted by Gasteiger charge is 2.10. The molecule has 0 unspecified atom stereocenters. The van der Waals surface area contributed by atoms with Crippen LogP contribution in [0.4, 0.5) is 0 Å². The van der Waals surface area contributed by atoms with E-state index >= 15 is 0 Å². The van der Waals surface area contributed by atoms with Gasteiger partial charge in [0.05, 0.1) is 6.54 Å². The lowest BCUT2D eigenvalue weighted by molar-refractivity contribution is 0.0886. The highest BCUT2D eigenvalue weighted by atomic mass is 79.9. The summed E-state index contributed by atoms with van der Waals surface area (Å²) in [5, 5.41) is 16.6. The minimum absolute atomic E-state index is 0.209. The van der Waals surface area contributed by atoms with Gasteiger partial charge in [0.2, 0.25) is 0 Å². The van der Waals surface area contributed by atoms with Crippen molar-refractivity contribution in [3.8, 4) is 5.75 Å². The first-order valence-corrected chi connectivity index (χ1v) is 8.19. The minimum atomic E-state index is -0.643. The van der Waals surface area contributed by atoms with Crippen LogP contribution in [0.1, 0.15) is 11.6 Å². The Morgan fingerprint density at radius 1 is 1.17 bits per heavy atom. The van der Waals surface area contributed by atoms with Crippen molar-refractivity contribution < 1.29 is 9.84 Å². The molecule has 0 aliphatic carbocycles. The average Bonchev–Trinajstić information content (AvgIpc) is 2.82. The van der Waals surface area contributed by atoms with Gasteiger partial charge in [-0.05, 0) is 48.9 Å². The van der Waals surface area contributed by atoms with E-state index in [0.29, 0.717) is 12.4 Å². The van der Waals surface area contributed by atoms with Gasteiger partial charge in [0.25, 0.3) is 0 Å². The molecule has 2 aromatic carbocycles. The summed E-state index contributed by atoms with van der Waals surface area (Å²) in [5.74, 6) is 2.24. The van der Waals surface area contributed by atoms with E-state index in [1.54, 1.807) is 4.68 Å². The minimum Gasteiger partial charge on any atom is -0.491 e. The van der Waals surface area contributed by atoms with E-state index in [1.165, 1.54) is 0 Å². The summed E-state index contributed by atoms with van der Waals surface area (Å²) in [6, 6.07) is 12.0. The maximum atomic E-state index is 10.1. The van der Waals surface area contributed by atoms with Crippen molar-refractivity contribution in [1.29, 1.82) is 0 Å². The van der Waals surface area contributed by atoms with Crippen molar-refractivity contribution in [2.24, 2.45) is 0 Å². The van der Waals surface area contributed by atoms with E-state index in [1.807, 2.05) is 44.2 Å². The zero-order valence-corrected chi connectivity index (χ0v) is 14.6. The van der Waals surface area contributed by atoms with Gasteiger partial charge in [-0.3, -0.25) is 0 Å². The van der Waals surface area contributed by atoms with Crippen LogP contribution < -0.4 is 4.74 Å². The van der Waals surface area contributed by atoms with Crippen molar-refractivity contribution in [3.05, 3.63) is 52.5 Å². The number of fused-ring (bicyclic) bond motifs is 1. The highest BCUT2D eigenvalue weighted by Crippen LogP contribution is 2.24. The number of hydrogen-bond donors (Lipinski definition) is 1. The molecule has 0 radical (unpaired) electrons. The Morgan fingerprint density at radius 2 is 1.91 bits per heavy atom. The van der Waals surface area contributed by atoms with Gasteiger partial charge in [0.15, 0.2) is 0 Å². The van der Waals surface area contributed by atoms with Crippen LogP contribution in [0.15, 0.2) is 40.9 Å². The van der Waals surface area contributed by atoms with Gasteiger partial charge < -0.3 is 9.84 Å². The van der Waals surface area contributed by atoms with Gasteiger partial charge in [-0.2, -0.15) is 5.10 Å². The van der Waals surface area contributed by atoms with Gasteiger partial charge >= 0.3 is 0 Å². The number of aliphatic hydroxyl groups excluding tert-OH is 1. The zero-order chi connectivity index (χ0) is 16.4. The molecule has 120 valence electrons. The van der Waals surface area contributed by atoms with Crippen molar-refractivity contribution in [3.63, 3.8) is 0 Å². The third-order valence-electron chi connectivity index (χ3n) is 3.56. The van der Waals surface area contributed by atoms with E-state index in [-0.39, 0.29) is 6.61 Å². The molecule has 23 heavy (non-hydrogen) atoms. The third kappa shape index (κ3) is 3.89. The number of rotatable bonds is 5. The molecule has 1 N–H and O–H groups in total. The Balaban J connectivity index is 1.63. The largest absolute Gasteiger partial charge is 0.491 e. The second kappa shape index (κ2) is 6.68. The molecule has 0 fully saturated rings. The van der Waals surface area contributed by atoms with Gasteiger partial charge in [-0.15, -0.1) is 0 Å². The Bertz CT molecular complexity index is 832. The lowest BCUT2D eigenvalue weighted by Gasteiger charge is -2.13. The maximum Gasteiger partial charge on any atom is 0.147 e. The molecular formula is C17H18BrN3O2. The lowest BCUT2D eigenvalue weighted by Crippen LogP contribution is -2.24. The Kier molecular flexibility index (Phi) is 4.63. The number of ether oxygens (including phenoxy) is 1. The molecule has 0 aliphatic heterocycles. The highest BCUT2D eigenvalue weighted by molar-refractivity contribution is 9.10. The Morgan fingerprint density at radius 3 is 2.65 bits per heavy atom. The summed E-state index contributed by atoms with van der Waals surface area (Å²) in [7, 11) is 0. The van der Waals surface area contributed by atoms with Crippen LogP contribution in [0.5, 0.6) is 5.75 Å². The van der Waals surface area contributed by atoms with E-state index < -0.39 is 6.10 Å². The van der Waals surface area contributed by atoms with Crippen LogP contribution >= 0.6 is 15.9 Å². The predicted molar refractivity (Wildman–Crippen MR) is 92.6 cm³/mol. The molecule has 0 spiro atoms. The number of nitrogens with zero attached hydrogens (tertiary/aromatic N) is 3. The molecule has 3 aromatic rings. The number of benzene rings is 2. The first kappa shape index (κ1) is 16.0. The molecule has 0 amide bonds.